The quantitative estimate of drug-likeness (QED) is 0.717. The predicted octanol–water partition coefficient (Wildman–Crippen LogP) is -0.882. The summed E-state index contributed by atoms with van der Waals surface area (Å²) in [6.07, 6.45) is 1.38. The summed E-state index contributed by atoms with van der Waals surface area (Å²) in [6.45, 7) is 2.91. The molecule has 2 rings (SSSR count). The lowest BCUT2D eigenvalue weighted by Gasteiger charge is -2.25. The highest BCUT2D eigenvalue weighted by Crippen LogP contribution is 2.24. The standard InChI is InChI=1S/C10H13N5O4S/c1-3-19-7(16)5-15-10-8(13-6(2)4-12-10)9(11)14-20(15,17)18/h4H,3,5H2,1-2H3,(H2,11,14). The fraction of sp³-hybridized carbons (Fsp3) is 0.400. The van der Waals surface area contributed by atoms with Gasteiger partial charge in [-0.15, -0.1) is 4.40 Å². The Morgan fingerprint density at radius 2 is 2.20 bits per heavy atom. The average Bonchev–Trinajstić information content (AvgIpc) is 2.34. The van der Waals surface area contributed by atoms with Crippen molar-refractivity contribution in [3.05, 3.63) is 17.6 Å². The molecule has 0 radical (unpaired) electrons. The topological polar surface area (TPSA) is 128 Å². The van der Waals surface area contributed by atoms with E-state index in [9.17, 15) is 13.2 Å². The molecule has 0 unspecified atom stereocenters. The smallest absolute Gasteiger partial charge is 0.348 e. The highest BCUT2D eigenvalue weighted by Gasteiger charge is 2.34. The van der Waals surface area contributed by atoms with Crippen LogP contribution in [0.2, 0.25) is 0 Å². The summed E-state index contributed by atoms with van der Waals surface area (Å²) in [5.41, 5.74) is 6.25. The first-order valence-electron chi connectivity index (χ1n) is 5.73. The van der Waals surface area contributed by atoms with Crippen molar-refractivity contribution in [3.63, 3.8) is 0 Å². The van der Waals surface area contributed by atoms with Gasteiger partial charge in [0.2, 0.25) is 0 Å². The van der Waals surface area contributed by atoms with E-state index in [2.05, 4.69) is 14.4 Å². The van der Waals surface area contributed by atoms with Gasteiger partial charge in [-0.1, -0.05) is 0 Å². The molecule has 20 heavy (non-hydrogen) atoms. The summed E-state index contributed by atoms with van der Waals surface area (Å²) in [7, 11) is -4.12. The third-order valence-electron chi connectivity index (χ3n) is 2.42. The van der Waals surface area contributed by atoms with E-state index in [4.69, 9.17) is 10.5 Å². The molecule has 0 spiro atoms. The van der Waals surface area contributed by atoms with Gasteiger partial charge in [0.15, 0.2) is 11.7 Å². The van der Waals surface area contributed by atoms with Crippen molar-refractivity contribution in [1.29, 1.82) is 0 Å². The van der Waals surface area contributed by atoms with Crippen LogP contribution in [0.3, 0.4) is 0 Å². The SMILES string of the molecule is CCOC(=O)CN1c2ncc(C)nc2C(N)=NS1(=O)=O. The molecule has 108 valence electrons. The Balaban J connectivity index is 2.49. The van der Waals surface area contributed by atoms with E-state index in [1.165, 1.54) is 6.20 Å². The maximum absolute atomic E-state index is 12.0. The summed E-state index contributed by atoms with van der Waals surface area (Å²) in [5, 5.41) is 0. The number of fused-ring (bicyclic) bond motifs is 1. The molecule has 1 aromatic heterocycles. The van der Waals surface area contributed by atoms with E-state index in [1.807, 2.05) is 0 Å². The van der Waals surface area contributed by atoms with Crippen LogP contribution in [0.5, 0.6) is 0 Å². The second-order valence-electron chi connectivity index (χ2n) is 3.95. The summed E-state index contributed by atoms with van der Waals surface area (Å²) in [5.74, 6) is -0.993. The number of carbonyl (C=O) groups is 1. The number of carbonyl (C=O) groups excluding carboxylic acids is 1. The van der Waals surface area contributed by atoms with Crippen LogP contribution >= 0.6 is 0 Å². The van der Waals surface area contributed by atoms with Crippen LogP contribution in [-0.2, 0) is 19.7 Å². The summed E-state index contributed by atoms with van der Waals surface area (Å²) in [6, 6.07) is 0. The lowest BCUT2D eigenvalue weighted by atomic mass is 10.3. The first kappa shape index (κ1) is 14.2. The van der Waals surface area contributed by atoms with Gasteiger partial charge in [0, 0.05) is 0 Å². The lowest BCUT2D eigenvalue weighted by molar-refractivity contribution is -0.141. The van der Waals surface area contributed by atoms with Crippen LogP contribution in [-0.4, -0.2) is 43.3 Å². The van der Waals surface area contributed by atoms with Crippen LogP contribution in [0.4, 0.5) is 5.82 Å². The number of hydrogen-bond donors (Lipinski definition) is 1. The Hall–Kier alpha value is -2.23. The Morgan fingerprint density at radius 1 is 1.50 bits per heavy atom. The molecule has 1 aliphatic heterocycles. The maximum Gasteiger partial charge on any atom is 0.348 e. The van der Waals surface area contributed by atoms with Crippen molar-refractivity contribution in [1.82, 2.24) is 9.97 Å². The van der Waals surface area contributed by atoms with Crippen LogP contribution in [0.15, 0.2) is 10.6 Å². The number of ether oxygens (including phenoxy) is 1. The zero-order valence-electron chi connectivity index (χ0n) is 10.9. The maximum atomic E-state index is 12.0. The Kier molecular flexibility index (Phi) is 3.57. The number of nitrogens with two attached hydrogens (primary N) is 1. The monoisotopic (exact) mass is 299 g/mol. The van der Waals surface area contributed by atoms with Crippen molar-refractivity contribution >= 4 is 27.8 Å². The molecule has 1 aliphatic rings. The molecular weight excluding hydrogens is 286 g/mol. The minimum atomic E-state index is -4.12. The van der Waals surface area contributed by atoms with Gasteiger partial charge >= 0.3 is 16.2 Å². The largest absolute Gasteiger partial charge is 0.465 e. The van der Waals surface area contributed by atoms with Gasteiger partial charge in [0.1, 0.15) is 12.2 Å². The normalized spacial score (nSPS) is 16.3. The highest BCUT2D eigenvalue weighted by molar-refractivity contribution is 7.91. The Morgan fingerprint density at radius 3 is 2.85 bits per heavy atom. The first-order valence-corrected chi connectivity index (χ1v) is 7.12. The van der Waals surface area contributed by atoms with Gasteiger partial charge in [-0.3, -0.25) is 4.79 Å². The number of aryl methyl sites for hydroxylation is 1. The molecule has 0 atom stereocenters. The zero-order valence-corrected chi connectivity index (χ0v) is 11.7. The molecule has 10 heteroatoms. The number of aromatic nitrogens is 2. The minimum Gasteiger partial charge on any atom is -0.465 e. The lowest BCUT2D eigenvalue weighted by Crippen LogP contribution is -2.42. The number of nitrogens with zero attached hydrogens (tertiary/aromatic N) is 4. The van der Waals surface area contributed by atoms with Gasteiger partial charge in [-0.2, -0.15) is 8.42 Å². The van der Waals surface area contributed by atoms with Crippen LogP contribution in [0, 0.1) is 6.92 Å². The fourth-order valence-electron chi connectivity index (χ4n) is 1.63. The Bertz CT molecular complexity index is 685. The van der Waals surface area contributed by atoms with Gasteiger partial charge < -0.3 is 10.5 Å². The van der Waals surface area contributed by atoms with Crippen molar-refractivity contribution in [2.24, 2.45) is 10.1 Å². The van der Waals surface area contributed by atoms with Crippen LogP contribution in [0.25, 0.3) is 0 Å². The molecule has 0 aliphatic carbocycles. The third kappa shape index (κ3) is 2.54. The summed E-state index contributed by atoms with van der Waals surface area (Å²) >= 11 is 0. The molecule has 0 bridgehead atoms. The third-order valence-corrected chi connectivity index (χ3v) is 3.71. The second kappa shape index (κ2) is 5.04. The molecule has 2 N–H and O–H groups in total. The van der Waals surface area contributed by atoms with Gasteiger partial charge in [0.05, 0.1) is 18.5 Å². The minimum absolute atomic E-state index is 0.0313. The van der Waals surface area contributed by atoms with Gasteiger partial charge in [0.25, 0.3) is 0 Å². The molecule has 0 saturated carbocycles. The zero-order chi connectivity index (χ0) is 14.9. The fourth-order valence-corrected chi connectivity index (χ4v) is 2.69. The van der Waals surface area contributed by atoms with Crippen molar-refractivity contribution in [2.75, 3.05) is 17.5 Å². The first-order chi connectivity index (χ1) is 9.35. The summed E-state index contributed by atoms with van der Waals surface area (Å²) < 4.78 is 32.8. The van der Waals surface area contributed by atoms with E-state index in [1.54, 1.807) is 13.8 Å². The number of amidine groups is 1. The van der Waals surface area contributed by atoms with E-state index in [-0.39, 0.29) is 24.0 Å². The number of hydrogen-bond acceptors (Lipinski definition) is 7. The second-order valence-corrected chi connectivity index (χ2v) is 5.47. The van der Waals surface area contributed by atoms with E-state index in [0.29, 0.717) is 5.69 Å². The van der Waals surface area contributed by atoms with E-state index < -0.39 is 22.7 Å². The summed E-state index contributed by atoms with van der Waals surface area (Å²) in [4.78, 5) is 19.6. The average molecular weight is 299 g/mol. The predicted molar refractivity (Wildman–Crippen MR) is 70.4 cm³/mol. The molecule has 0 fully saturated rings. The van der Waals surface area contributed by atoms with Gasteiger partial charge in [-0.25, -0.2) is 14.3 Å². The number of rotatable bonds is 3. The molecule has 0 saturated heterocycles. The molecule has 1 aromatic rings. The molecule has 2 heterocycles. The molecule has 0 amide bonds. The van der Waals surface area contributed by atoms with Gasteiger partial charge in [-0.05, 0) is 13.8 Å². The Labute approximate surface area is 115 Å². The number of esters is 1. The molecule has 0 aromatic carbocycles. The van der Waals surface area contributed by atoms with Crippen molar-refractivity contribution < 1.29 is 17.9 Å². The van der Waals surface area contributed by atoms with Crippen LogP contribution in [0.1, 0.15) is 18.3 Å². The molecule has 9 nitrogen and oxygen atoms in total. The van der Waals surface area contributed by atoms with Crippen molar-refractivity contribution in [2.45, 2.75) is 13.8 Å². The molecular formula is C10H13N5O4S. The van der Waals surface area contributed by atoms with Crippen LogP contribution < -0.4 is 10.0 Å². The number of anilines is 1. The van der Waals surface area contributed by atoms with Crippen molar-refractivity contribution in [3.8, 4) is 0 Å². The van der Waals surface area contributed by atoms with E-state index in [0.717, 1.165) is 4.31 Å². The van der Waals surface area contributed by atoms with E-state index >= 15 is 0 Å². The highest BCUT2D eigenvalue weighted by atomic mass is 32.2.